The zero-order valence-corrected chi connectivity index (χ0v) is 16.1. The van der Waals surface area contributed by atoms with E-state index in [4.69, 9.17) is 16.3 Å². The Morgan fingerprint density at radius 2 is 1.85 bits per heavy atom. The monoisotopic (exact) mass is 385 g/mol. The van der Waals surface area contributed by atoms with Crippen molar-refractivity contribution in [1.29, 1.82) is 0 Å². The maximum Gasteiger partial charge on any atom is 0.295 e. The molecule has 1 heterocycles. The summed E-state index contributed by atoms with van der Waals surface area (Å²) in [7, 11) is 1.77. The van der Waals surface area contributed by atoms with Crippen molar-refractivity contribution >= 4 is 23.2 Å². The lowest BCUT2D eigenvalue weighted by Gasteiger charge is -2.09. The van der Waals surface area contributed by atoms with Gasteiger partial charge < -0.3 is 10.1 Å². The number of hydrogen-bond donors (Lipinski definition) is 1. The molecule has 3 rings (SSSR count). The van der Waals surface area contributed by atoms with Gasteiger partial charge in [0.1, 0.15) is 11.4 Å². The van der Waals surface area contributed by atoms with Crippen LogP contribution in [0, 0.1) is 13.8 Å². The number of anilines is 1. The van der Waals surface area contributed by atoms with E-state index in [2.05, 4.69) is 5.32 Å². The van der Waals surface area contributed by atoms with Gasteiger partial charge in [0.05, 0.1) is 11.4 Å². The number of carbonyl (C=O) groups is 1. The number of aryl methyl sites for hydroxylation is 1. The number of nitrogens with zero attached hydrogens (tertiary/aromatic N) is 2. The summed E-state index contributed by atoms with van der Waals surface area (Å²) in [5.74, 6) is 0.163. The van der Waals surface area contributed by atoms with Crippen LogP contribution in [0.25, 0.3) is 5.69 Å². The van der Waals surface area contributed by atoms with Gasteiger partial charge in [-0.15, -0.1) is 0 Å². The summed E-state index contributed by atoms with van der Waals surface area (Å²) < 4.78 is 8.76. The van der Waals surface area contributed by atoms with Crippen LogP contribution in [0.5, 0.6) is 5.75 Å². The number of nitrogens with one attached hydrogen (secondary N) is 1. The minimum atomic E-state index is -0.407. The van der Waals surface area contributed by atoms with Crippen LogP contribution in [-0.4, -0.2) is 21.9 Å². The van der Waals surface area contributed by atoms with E-state index in [0.717, 1.165) is 11.3 Å². The third kappa shape index (κ3) is 3.90. The molecule has 0 saturated carbocycles. The Kier molecular flexibility index (Phi) is 5.37. The topological polar surface area (TPSA) is 65.3 Å². The van der Waals surface area contributed by atoms with Crippen molar-refractivity contribution in [3.63, 3.8) is 0 Å². The number of aromatic nitrogens is 2. The van der Waals surface area contributed by atoms with Crippen LogP contribution in [0.3, 0.4) is 0 Å². The zero-order chi connectivity index (χ0) is 19.6. The number of halogens is 1. The summed E-state index contributed by atoms with van der Waals surface area (Å²) in [5, 5.41) is 3.27. The minimum absolute atomic E-state index is 0.207. The largest absolute Gasteiger partial charge is 0.483 e. The fourth-order valence-corrected chi connectivity index (χ4v) is 3.03. The molecule has 0 aliphatic heterocycles. The molecule has 6 nitrogen and oxygen atoms in total. The second kappa shape index (κ2) is 7.72. The highest BCUT2D eigenvalue weighted by atomic mass is 35.5. The number of carbonyl (C=O) groups excluding carboxylic acids is 1. The summed E-state index contributed by atoms with van der Waals surface area (Å²) in [6.07, 6.45) is 0. The quantitative estimate of drug-likeness (QED) is 0.731. The Hall–Kier alpha value is -2.99. The summed E-state index contributed by atoms with van der Waals surface area (Å²) in [6.45, 7) is 3.42. The van der Waals surface area contributed by atoms with Gasteiger partial charge in [0.25, 0.3) is 11.5 Å². The number of para-hydroxylation sites is 1. The van der Waals surface area contributed by atoms with Gasteiger partial charge in [0.15, 0.2) is 6.61 Å². The van der Waals surface area contributed by atoms with Gasteiger partial charge >= 0.3 is 0 Å². The number of rotatable bonds is 5. The first-order valence-electron chi connectivity index (χ1n) is 8.41. The van der Waals surface area contributed by atoms with E-state index in [1.54, 1.807) is 36.9 Å². The van der Waals surface area contributed by atoms with Gasteiger partial charge in [-0.25, -0.2) is 4.68 Å². The molecule has 0 atom stereocenters. The van der Waals surface area contributed by atoms with Gasteiger partial charge in [0, 0.05) is 12.1 Å². The van der Waals surface area contributed by atoms with Crippen molar-refractivity contribution < 1.29 is 9.53 Å². The first-order chi connectivity index (χ1) is 12.9. The lowest BCUT2D eigenvalue weighted by atomic mass is 10.2. The molecule has 0 unspecified atom stereocenters. The molecule has 1 N–H and O–H groups in total. The van der Waals surface area contributed by atoms with Crippen molar-refractivity contribution in [3.8, 4) is 11.4 Å². The van der Waals surface area contributed by atoms with Crippen LogP contribution in [0.2, 0.25) is 5.02 Å². The number of amides is 1. The van der Waals surface area contributed by atoms with Crippen molar-refractivity contribution in [1.82, 2.24) is 9.36 Å². The number of ether oxygens (including phenoxy) is 1. The molecular formula is C20H20ClN3O3. The van der Waals surface area contributed by atoms with Crippen LogP contribution in [0.15, 0.2) is 53.3 Å². The minimum Gasteiger partial charge on any atom is -0.483 e. The highest BCUT2D eigenvalue weighted by Gasteiger charge is 2.18. The van der Waals surface area contributed by atoms with E-state index in [-0.39, 0.29) is 17.9 Å². The number of hydrogen-bond acceptors (Lipinski definition) is 3. The molecule has 1 amide bonds. The normalized spacial score (nSPS) is 10.7. The van der Waals surface area contributed by atoms with Crippen LogP contribution in [0.4, 0.5) is 5.69 Å². The second-order valence-electron chi connectivity index (χ2n) is 6.18. The molecule has 2 aromatic carbocycles. The molecule has 3 aromatic rings. The predicted octanol–water partition coefficient (Wildman–Crippen LogP) is 3.46. The molecule has 140 valence electrons. The van der Waals surface area contributed by atoms with Gasteiger partial charge in [-0.3, -0.25) is 14.3 Å². The fourth-order valence-electron chi connectivity index (χ4n) is 2.81. The molecule has 0 bridgehead atoms. The lowest BCUT2D eigenvalue weighted by Crippen LogP contribution is -2.25. The Bertz CT molecular complexity index is 1040. The maximum atomic E-state index is 12.8. The van der Waals surface area contributed by atoms with E-state index >= 15 is 0 Å². The molecule has 1 aromatic heterocycles. The molecule has 0 aliphatic carbocycles. The van der Waals surface area contributed by atoms with E-state index in [0.29, 0.717) is 16.5 Å². The van der Waals surface area contributed by atoms with Gasteiger partial charge in [-0.2, -0.15) is 0 Å². The molecule has 27 heavy (non-hydrogen) atoms. The zero-order valence-electron chi connectivity index (χ0n) is 15.3. The molecule has 0 fully saturated rings. The average molecular weight is 386 g/mol. The van der Waals surface area contributed by atoms with Gasteiger partial charge in [-0.05, 0) is 49.7 Å². The summed E-state index contributed by atoms with van der Waals surface area (Å²) >= 11 is 5.92. The highest BCUT2D eigenvalue weighted by Crippen LogP contribution is 2.21. The van der Waals surface area contributed by atoms with Crippen LogP contribution in [-0.2, 0) is 11.8 Å². The van der Waals surface area contributed by atoms with E-state index < -0.39 is 5.91 Å². The van der Waals surface area contributed by atoms with Crippen molar-refractivity contribution in [2.24, 2.45) is 7.05 Å². The van der Waals surface area contributed by atoms with E-state index in [9.17, 15) is 9.59 Å². The highest BCUT2D eigenvalue weighted by molar-refractivity contribution is 6.30. The Morgan fingerprint density at radius 1 is 1.15 bits per heavy atom. The fraction of sp³-hybridized carbons (Fsp3) is 0.200. The molecule has 0 spiro atoms. The molecule has 0 aliphatic rings. The Labute approximate surface area is 161 Å². The first-order valence-corrected chi connectivity index (χ1v) is 8.79. The third-order valence-electron chi connectivity index (χ3n) is 4.31. The van der Waals surface area contributed by atoms with Crippen LogP contribution < -0.4 is 15.6 Å². The average Bonchev–Trinajstić information content (AvgIpc) is 2.85. The standard InChI is InChI=1S/C20H20ClN3O3/c1-13-11-15(21)9-10-17(13)27-12-18(25)22-19-14(2)23(3)24(20(19)26)16-7-5-4-6-8-16/h4-11H,12H2,1-3H3,(H,22,25). The van der Waals surface area contributed by atoms with Gasteiger partial charge in [-0.1, -0.05) is 29.8 Å². The first kappa shape index (κ1) is 18.8. The smallest absolute Gasteiger partial charge is 0.295 e. The molecule has 0 saturated heterocycles. The molecule has 7 heteroatoms. The maximum absolute atomic E-state index is 12.8. The van der Waals surface area contributed by atoms with Crippen LogP contribution >= 0.6 is 11.6 Å². The molecule has 0 radical (unpaired) electrons. The predicted molar refractivity (Wildman–Crippen MR) is 106 cm³/mol. The summed E-state index contributed by atoms with van der Waals surface area (Å²) in [5.41, 5.74) is 2.15. The Morgan fingerprint density at radius 3 is 2.52 bits per heavy atom. The van der Waals surface area contributed by atoms with Gasteiger partial charge in [0.2, 0.25) is 0 Å². The van der Waals surface area contributed by atoms with Crippen molar-refractivity contribution in [2.45, 2.75) is 13.8 Å². The van der Waals surface area contributed by atoms with E-state index in [1.807, 2.05) is 37.3 Å². The second-order valence-corrected chi connectivity index (χ2v) is 6.62. The summed E-state index contributed by atoms with van der Waals surface area (Å²) in [4.78, 5) is 25.1. The summed E-state index contributed by atoms with van der Waals surface area (Å²) in [6, 6.07) is 14.4. The third-order valence-corrected chi connectivity index (χ3v) is 4.55. The Balaban J connectivity index is 1.78. The lowest BCUT2D eigenvalue weighted by molar-refractivity contribution is -0.118. The van der Waals surface area contributed by atoms with Crippen molar-refractivity contribution in [3.05, 3.63) is 75.2 Å². The van der Waals surface area contributed by atoms with E-state index in [1.165, 1.54) is 4.68 Å². The van der Waals surface area contributed by atoms with Crippen molar-refractivity contribution in [2.75, 3.05) is 11.9 Å². The SMILES string of the molecule is Cc1cc(Cl)ccc1OCC(=O)Nc1c(C)n(C)n(-c2ccccc2)c1=O. The van der Waals surface area contributed by atoms with Crippen LogP contribution in [0.1, 0.15) is 11.3 Å². The molecular weight excluding hydrogens is 366 g/mol. The number of benzene rings is 2.